The van der Waals surface area contributed by atoms with Crippen molar-refractivity contribution in [2.24, 2.45) is 0 Å². The molecule has 3 nitrogen and oxygen atoms in total. The van der Waals surface area contributed by atoms with E-state index in [2.05, 4.69) is 31.6 Å². The Morgan fingerprint density at radius 1 is 1.21 bits per heavy atom. The molecule has 0 bridgehead atoms. The molecule has 0 saturated carbocycles. The zero-order valence-electron chi connectivity index (χ0n) is 8.40. The number of aromatic nitrogens is 3. The summed E-state index contributed by atoms with van der Waals surface area (Å²) in [5.41, 5.74) is 1.83. The maximum absolute atomic E-state index is 3.88. The van der Waals surface area contributed by atoms with Crippen LogP contribution in [0, 0.1) is 0 Å². The summed E-state index contributed by atoms with van der Waals surface area (Å²) in [7, 11) is 2.70. The lowest BCUT2D eigenvalue weighted by Crippen LogP contribution is -1.64. The Balaban J connectivity index is 0.000000171. The van der Waals surface area contributed by atoms with E-state index in [4.69, 9.17) is 0 Å². The van der Waals surface area contributed by atoms with Crippen LogP contribution in [-0.4, -0.2) is 21.6 Å². The Bertz CT molecular complexity index is 327. The van der Waals surface area contributed by atoms with Gasteiger partial charge in [-0.1, -0.05) is 31.9 Å². The van der Waals surface area contributed by atoms with E-state index in [1.54, 1.807) is 0 Å². The van der Waals surface area contributed by atoms with Crippen molar-refractivity contribution in [2.75, 3.05) is 6.16 Å². The Hall–Kier alpha value is -0.950. The van der Waals surface area contributed by atoms with Crippen LogP contribution in [0.2, 0.25) is 0 Å². The number of unbranched alkanes of at least 4 members (excludes halogenated alkanes) is 1. The van der Waals surface area contributed by atoms with Gasteiger partial charge >= 0.3 is 0 Å². The molecule has 0 saturated heterocycles. The van der Waals surface area contributed by atoms with E-state index in [9.17, 15) is 0 Å². The molecule has 2 aromatic rings. The van der Waals surface area contributed by atoms with Crippen molar-refractivity contribution in [3.8, 4) is 0 Å². The molecule has 0 radical (unpaired) electrons. The molecular formula is C10H16N3P. The van der Waals surface area contributed by atoms with Crippen molar-refractivity contribution >= 4 is 20.3 Å². The lowest BCUT2D eigenvalue weighted by molar-refractivity contribution is 0.897. The van der Waals surface area contributed by atoms with Crippen molar-refractivity contribution < 1.29 is 0 Å². The summed E-state index contributed by atoms with van der Waals surface area (Å²) in [6, 6.07) is 7.70. The molecule has 0 aliphatic carbocycles. The number of nitrogens with one attached hydrogen (secondary N) is 1. The lowest BCUT2D eigenvalue weighted by Gasteiger charge is -1.79. The van der Waals surface area contributed by atoms with Gasteiger partial charge in [0.1, 0.15) is 11.0 Å². The first-order chi connectivity index (χ1) is 6.88. The van der Waals surface area contributed by atoms with Crippen LogP contribution in [0.1, 0.15) is 19.8 Å². The second-order valence-electron chi connectivity index (χ2n) is 2.95. The van der Waals surface area contributed by atoms with E-state index in [1.165, 1.54) is 19.0 Å². The first kappa shape index (κ1) is 11.1. The highest BCUT2D eigenvalue weighted by molar-refractivity contribution is 7.16. The lowest BCUT2D eigenvalue weighted by atomic mass is 10.3. The predicted octanol–water partition coefficient (Wildman–Crippen LogP) is 2.62. The molecule has 1 aromatic carbocycles. The molecular weight excluding hydrogens is 193 g/mol. The number of aromatic amines is 1. The van der Waals surface area contributed by atoms with Crippen LogP contribution in [-0.2, 0) is 0 Å². The van der Waals surface area contributed by atoms with Crippen molar-refractivity contribution in [1.82, 2.24) is 15.4 Å². The summed E-state index contributed by atoms with van der Waals surface area (Å²) in [6.45, 7) is 2.20. The summed E-state index contributed by atoms with van der Waals surface area (Å²) in [5, 5.41) is 10.3. The summed E-state index contributed by atoms with van der Waals surface area (Å²) < 4.78 is 0. The Labute approximate surface area is 86.5 Å². The molecule has 2 rings (SSSR count). The molecule has 1 heterocycles. The number of H-pyrrole nitrogens is 1. The minimum atomic E-state index is 0.914. The second kappa shape index (κ2) is 6.50. The van der Waals surface area contributed by atoms with Crippen molar-refractivity contribution in [2.45, 2.75) is 19.8 Å². The zero-order chi connectivity index (χ0) is 10.2. The van der Waals surface area contributed by atoms with Crippen LogP contribution < -0.4 is 0 Å². The first-order valence-corrected chi connectivity index (χ1v) is 5.65. The molecule has 0 fully saturated rings. The number of hydrogen-bond donors (Lipinski definition) is 1. The maximum Gasteiger partial charge on any atom is 0.112 e. The van der Waals surface area contributed by atoms with Gasteiger partial charge in [-0.2, -0.15) is 15.4 Å². The van der Waals surface area contributed by atoms with Gasteiger partial charge in [-0.15, -0.1) is 9.24 Å². The Morgan fingerprint density at radius 3 is 2.14 bits per heavy atom. The van der Waals surface area contributed by atoms with Crippen LogP contribution in [0.5, 0.6) is 0 Å². The number of fused-ring (bicyclic) bond motifs is 1. The highest BCUT2D eigenvalue weighted by atomic mass is 31.0. The summed E-state index contributed by atoms with van der Waals surface area (Å²) in [4.78, 5) is 0. The predicted molar refractivity (Wildman–Crippen MR) is 63.4 cm³/mol. The van der Waals surface area contributed by atoms with Gasteiger partial charge in [0.2, 0.25) is 0 Å². The van der Waals surface area contributed by atoms with E-state index in [-0.39, 0.29) is 0 Å². The Morgan fingerprint density at radius 2 is 1.79 bits per heavy atom. The van der Waals surface area contributed by atoms with Gasteiger partial charge in [-0.3, -0.25) is 0 Å². The number of benzene rings is 1. The van der Waals surface area contributed by atoms with Crippen molar-refractivity contribution in [3.05, 3.63) is 24.3 Å². The molecule has 1 aromatic heterocycles. The summed E-state index contributed by atoms with van der Waals surface area (Å²) >= 11 is 0. The number of rotatable bonds is 2. The molecule has 1 atom stereocenters. The Kier molecular flexibility index (Phi) is 5.16. The quantitative estimate of drug-likeness (QED) is 0.772. The van der Waals surface area contributed by atoms with Gasteiger partial charge in [0, 0.05) is 0 Å². The molecule has 0 spiro atoms. The zero-order valence-corrected chi connectivity index (χ0v) is 9.56. The molecule has 1 N–H and O–H groups in total. The number of hydrogen-bond acceptors (Lipinski definition) is 2. The molecule has 1 unspecified atom stereocenters. The summed E-state index contributed by atoms with van der Waals surface area (Å²) in [6.07, 6.45) is 3.94. The smallest absolute Gasteiger partial charge is 0.112 e. The average molecular weight is 209 g/mol. The minimum Gasteiger partial charge on any atom is -0.197 e. The summed E-state index contributed by atoms with van der Waals surface area (Å²) in [5.74, 6) is 0. The number of para-hydroxylation sites is 2. The van der Waals surface area contributed by atoms with Crippen LogP contribution in [0.3, 0.4) is 0 Å². The van der Waals surface area contributed by atoms with Crippen LogP contribution in [0.4, 0.5) is 0 Å². The fourth-order valence-electron chi connectivity index (χ4n) is 0.990. The van der Waals surface area contributed by atoms with Gasteiger partial charge in [-0.05, 0) is 18.3 Å². The first-order valence-electron chi connectivity index (χ1n) is 4.84. The van der Waals surface area contributed by atoms with Gasteiger partial charge in [0.15, 0.2) is 0 Å². The molecule has 4 heteroatoms. The van der Waals surface area contributed by atoms with Crippen LogP contribution in [0.15, 0.2) is 24.3 Å². The standard InChI is InChI=1S/C6H5N3.C4H11P/c1-2-4-6-5(3-1)7-9-8-6;1-2-3-4-5/h1-4H,(H,7,8,9);2-5H2,1H3. The van der Waals surface area contributed by atoms with Gasteiger partial charge in [0.25, 0.3) is 0 Å². The van der Waals surface area contributed by atoms with E-state index in [0.717, 1.165) is 11.0 Å². The van der Waals surface area contributed by atoms with Crippen LogP contribution in [0.25, 0.3) is 11.0 Å². The number of nitrogens with zero attached hydrogens (tertiary/aromatic N) is 2. The van der Waals surface area contributed by atoms with Gasteiger partial charge in [0.05, 0.1) is 0 Å². The molecule has 0 aliphatic rings. The molecule has 14 heavy (non-hydrogen) atoms. The fraction of sp³-hybridized carbons (Fsp3) is 0.400. The molecule has 76 valence electrons. The van der Waals surface area contributed by atoms with E-state index < -0.39 is 0 Å². The third-order valence-electron chi connectivity index (χ3n) is 1.78. The molecule has 0 aliphatic heterocycles. The average Bonchev–Trinajstić information content (AvgIpc) is 2.67. The van der Waals surface area contributed by atoms with Crippen molar-refractivity contribution in [3.63, 3.8) is 0 Å². The van der Waals surface area contributed by atoms with E-state index >= 15 is 0 Å². The van der Waals surface area contributed by atoms with Gasteiger partial charge < -0.3 is 0 Å². The SMILES string of the molecule is CCCCP.c1ccc2n[nH]nc2c1. The third-order valence-corrected chi connectivity index (χ3v) is 2.19. The third kappa shape index (κ3) is 3.43. The fourth-order valence-corrected chi connectivity index (χ4v) is 1.40. The van der Waals surface area contributed by atoms with Crippen LogP contribution >= 0.6 is 9.24 Å². The largest absolute Gasteiger partial charge is 0.197 e. The minimum absolute atomic E-state index is 0.914. The maximum atomic E-state index is 3.88. The van der Waals surface area contributed by atoms with Crippen molar-refractivity contribution in [1.29, 1.82) is 0 Å². The van der Waals surface area contributed by atoms with E-state index in [0.29, 0.717) is 0 Å². The normalized spacial score (nSPS) is 9.57. The molecule has 0 amide bonds. The monoisotopic (exact) mass is 209 g/mol. The topological polar surface area (TPSA) is 41.6 Å². The van der Waals surface area contributed by atoms with E-state index in [1.807, 2.05) is 24.3 Å². The highest BCUT2D eigenvalue weighted by Crippen LogP contribution is 2.03. The van der Waals surface area contributed by atoms with Gasteiger partial charge in [-0.25, -0.2) is 0 Å². The highest BCUT2D eigenvalue weighted by Gasteiger charge is 1.90. The second-order valence-corrected chi connectivity index (χ2v) is 3.53.